The van der Waals surface area contributed by atoms with Crippen LogP contribution in [0.2, 0.25) is 0 Å². The normalized spacial score (nSPS) is 17.4. The van der Waals surface area contributed by atoms with E-state index in [0.717, 1.165) is 67.7 Å². The molecule has 2 aliphatic rings. The summed E-state index contributed by atoms with van der Waals surface area (Å²) in [5.41, 5.74) is 2.26. The van der Waals surface area contributed by atoms with Crippen LogP contribution in [0.25, 0.3) is 10.8 Å². The summed E-state index contributed by atoms with van der Waals surface area (Å²) in [4.78, 5) is 21.8. The number of piperazine rings is 1. The number of aromatic nitrogens is 3. The molecule has 0 saturated carbocycles. The zero-order valence-electron chi connectivity index (χ0n) is 16.5. The maximum absolute atomic E-state index is 12.4. The molecule has 0 spiro atoms. The van der Waals surface area contributed by atoms with Gasteiger partial charge in [0.05, 0.1) is 12.2 Å². The molecule has 1 saturated heterocycles. The molecule has 7 heteroatoms. The second kappa shape index (κ2) is 8.16. The molecule has 2 aromatic heterocycles. The minimum absolute atomic E-state index is 0.0323. The van der Waals surface area contributed by atoms with Gasteiger partial charge in [0, 0.05) is 62.5 Å². The summed E-state index contributed by atoms with van der Waals surface area (Å²) in [6.07, 6.45) is 2.87. The molecule has 0 unspecified atom stereocenters. The lowest BCUT2D eigenvalue weighted by Crippen LogP contribution is -2.48. The van der Waals surface area contributed by atoms with Crippen LogP contribution in [0.5, 0.6) is 0 Å². The van der Waals surface area contributed by atoms with E-state index < -0.39 is 0 Å². The van der Waals surface area contributed by atoms with Gasteiger partial charge in [-0.3, -0.25) is 9.69 Å². The molecule has 3 aromatic rings. The quantitative estimate of drug-likeness (QED) is 0.662. The highest BCUT2D eigenvalue weighted by atomic mass is 32.2. The van der Waals surface area contributed by atoms with E-state index in [-0.39, 0.29) is 5.56 Å². The van der Waals surface area contributed by atoms with Crippen molar-refractivity contribution in [1.29, 1.82) is 0 Å². The number of hydrogen-bond acceptors (Lipinski definition) is 6. The Balaban J connectivity index is 1.22. The van der Waals surface area contributed by atoms with E-state index in [0.29, 0.717) is 6.54 Å². The Morgan fingerprint density at radius 3 is 2.79 bits per heavy atom. The number of nitrogens with zero attached hydrogens (tertiary/aromatic N) is 5. The maximum Gasteiger partial charge on any atom is 0.267 e. The van der Waals surface area contributed by atoms with Crippen molar-refractivity contribution in [2.75, 3.05) is 43.4 Å². The summed E-state index contributed by atoms with van der Waals surface area (Å²) in [5, 5.41) is 7.08. The van der Waals surface area contributed by atoms with Gasteiger partial charge < -0.3 is 4.90 Å². The summed E-state index contributed by atoms with van der Waals surface area (Å²) >= 11 is 1.88. The Labute approximate surface area is 174 Å². The van der Waals surface area contributed by atoms with E-state index in [1.165, 1.54) is 10.8 Å². The predicted octanol–water partition coefficient (Wildman–Crippen LogP) is 2.40. The number of rotatable bonds is 4. The first-order chi connectivity index (χ1) is 14.3. The molecule has 1 aromatic carbocycles. The molecule has 0 N–H and O–H groups in total. The molecule has 2 aliphatic heterocycles. The topological polar surface area (TPSA) is 54.3 Å². The molecule has 5 rings (SSSR count). The summed E-state index contributed by atoms with van der Waals surface area (Å²) in [7, 11) is 0. The van der Waals surface area contributed by atoms with E-state index >= 15 is 0 Å². The highest BCUT2D eigenvalue weighted by Gasteiger charge is 2.20. The van der Waals surface area contributed by atoms with Gasteiger partial charge in [0.15, 0.2) is 0 Å². The summed E-state index contributed by atoms with van der Waals surface area (Å²) < 4.78 is 1.66. The zero-order chi connectivity index (χ0) is 19.6. The number of pyridine rings is 1. The van der Waals surface area contributed by atoms with Gasteiger partial charge in [0.2, 0.25) is 0 Å². The largest absolute Gasteiger partial charge is 0.354 e. The Kier molecular flexibility index (Phi) is 5.24. The van der Waals surface area contributed by atoms with Crippen LogP contribution in [0.3, 0.4) is 0 Å². The van der Waals surface area contributed by atoms with Crippen molar-refractivity contribution in [2.24, 2.45) is 0 Å². The lowest BCUT2D eigenvalue weighted by atomic mass is 10.1. The van der Waals surface area contributed by atoms with Crippen LogP contribution in [0.4, 0.5) is 5.82 Å². The van der Waals surface area contributed by atoms with Gasteiger partial charge >= 0.3 is 0 Å². The lowest BCUT2D eigenvalue weighted by Gasteiger charge is -2.35. The van der Waals surface area contributed by atoms with Crippen LogP contribution in [-0.2, 0) is 18.7 Å². The zero-order valence-corrected chi connectivity index (χ0v) is 17.3. The Hall–Kier alpha value is -2.38. The van der Waals surface area contributed by atoms with Crippen molar-refractivity contribution >= 4 is 28.4 Å². The van der Waals surface area contributed by atoms with Crippen molar-refractivity contribution in [3.05, 3.63) is 64.2 Å². The smallest absolute Gasteiger partial charge is 0.267 e. The molecule has 29 heavy (non-hydrogen) atoms. The van der Waals surface area contributed by atoms with Gasteiger partial charge in [0.1, 0.15) is 5.82 Å². The van der Waals surface area contributed by atoms with Crippen LogP contribution in [-0.4, -0.2) is 58.1 Å². The first-order valence-electron chi connectivity index (χ1n) is 10.3. The number of benzene rings is 1. The third kappa shape index (κ3) is 3.89. The standard InChI is InChI=1S/C22H25N5OS/c28-21-15-18-16-29-14-6-20(18)24-27(21)13-10-25-8-11-26(12-9-25)22-19-4-2-1-3-17(19)5-7-23-22/h1-5,7,15H,6,8-14,16H2. The molecular weight excluding hydrogens is 382 g/mol. The molecule has 0 bridgehead atoms. The van der Waals surface area contributed by atoms with Gasteiger partial charge in [-0.15, -0.1) is 0 Å². The molecular formula is C22H25N5OS. The van der Waals surface area contributed by atoms with Crippen LogP contribution >= 0.6 is 11.8 Å². The number of anilines is 1. The van der Waals surface area contributed by atoms with Crippen molar-refractivity contribution in [3.63, 3.8) is 0 Å². The van der Waals surface area contributed by atoms with Gasteiger partial charge in [0.25, 0.3) is 5.56 Å². The van der Waals surface area contributed by atoms with Crippen molar-refractivity contribution in [2.45, 2.75) is 18.7 Å². The van der Waals surface area contributed by atoms with Gasteiger partial charge in [-0.25, -0.2) is 9.67 Å². The Morgan fingerprint density at radius 2 is 1.90 bits per heavy atom. The minimum atomic E-state index is 0.0323. The first kappa shape index (κ1) is 18.6. The fourth-order valence-electron chi connectivity index (χ4n) is 4.19. The molecule has 0 amide bonds. The SMILES string of the molecule is O=c1cc2c(nn1CCN1CCN(c3nccc4ccccc34)CC1)CCSC2. The van der Waals surface area contributed by atoms with E-state index in [2.05, 4.69) is 50.2 Å². The predicted molar refractivity (Wildman–Crippen MR) is 119 cm³/mol. The van der Waals surface area contributed by atoms with Gasteiger partial charge in [-0.05, 0) is 22.8 Å². The fourth-order valence-corrected chi connectivity index (χ4v) is 5.14. The molecule has 0 radical (unpaired) electrons. The summed E-state index contributed by atoms with van der Waals surface area (Å²) in [6, 6.07) is 12.3. The average Bonchev–Trinajstić information content (AvgIpc) is 2.78. The van der Waals surface area contributed by atoms with Gasteiger partial charge in [-0.1, -0.05) is 24.3 Å². The number of aryl methyl sites for hydroxylation is 1. The van der Waals surface area contributed by atoms with Crippen molar-refractivity contribution in [3.8, 4) is 0 Å². The van der Waals surface area contributed by atoms with Crippen LogP contribution in [0.15, 0.2) is 47.4 Å². The first-order valence-corrected chi connectivity index (χ1v) is 11.4. The van der Waals surface area contributed by atoms with Crippen molar-refractivity contribution in [1.82, 2.24) is 19.7 Å². The maximum atomic E-state index is 12.4. The molecule has 150 valence electrons. The summed E-state index contributed by atoms with van der Waals surface area (Å²) in [6.45, 7) is 5.36. The Bertz CT molecular complexity index is 1070. The number of fused-ring (bicyclic) bond motifs is 2. The summed E-state index contributed by atoms with van der Waals surface area (Å²) in [5.74, 6) is 3.10. The number of thioether (sulfide) groups is 1. The molecule has 6 nitrogen and oxygen atoms in total. The van der Waals surface area contributed by atoms with Crippen LogP contribution in [0, 0.1) is 0 Å². The third-order valence-corrected chi connectivity index (χ3v) is 6.87. The monoisotopic (exact) mass is 407 g/mol. The second-order valence-electron chi connectivity index (χ2n) is 7.66. The highest BCUT2D eigenvalue weighted by Crippen LogP contribution is 2.25. The van der Waals surface area contributed by atoms with Crippen molar-refractivity contribution < 1.29 is 0 Å². The molecule has 1 fully saturated rings. The second-order valence-corrected chi connectivity index (χ2v) is 8.77. The van der Waals surface area contributed by atoms with E-state index in [9.17, 15) is 4.79 Å². The average molecular weight is 408 g/mol. The Morgan fingerprint density at radius 1 is 1.03 bits per heavy atom. The van der Waals surface area contributed by atoms with Crippen LogP contribution in [0.1, 0.15) is 11.3 Å². The minimum Gasteiger partial charge on any atom is -0.354 e. The van der Waals surface area contributed by atoms with E-state index in [1.807, 2.05) is 18.0 Å². The highest BCUT2D eigenvalue weighted by molar-refractivity contribution is 7.98. The molecule has 4 heterocycles. The van der Waals surface area contributed by atoms with E-state index in [4.69, 9.17) is 0 Å². The lowest BCUT2D eigenvalue weighted by molar-refractivity contribution is 0.242. The van der Waals surface area contributed by atoms with E-state index in [1.54, 1.807) is 10.7 Å². The molecule has 0 atom stereocenters. The third-order valence-electron chi connectivity index (χ3n) is 5.86. The van der Waals surface area contributed by atoms with Gasteiger partial charge in [-0.2, -0.15) is 16.9 Å². The number of hydrogen-bond donors (Lipinski definition) is 0. The fraction of sp³-hybridized carbons (Fsp3) is 0.409. The van der Waals surface area contributed by atoms with Crippen LogP contribution < -0.4 is 10.5 Å². The molecule has 0 aliphatic carbocycles.